The van der Waals surface area contributed by atoms with E-state index in [1.54, 1.807) is 0 Å². The topological polar surface area (TPSA) is 46.5 Å². The molecule has 0 aliphatic rings. The number of amides is 1. The van der Waals surface area contributed by atoms with Crippen molar-refractivity contribution in [3.63, 3.8) is 0 Å². The van der Waals surface area contributed by atoms with Crippen LogP contribution in [0.4, 0.5) is 0 Å². The van der Waals surface area contributed by atoms with Gasteiger partial charge in [0.25, 0.3) is 5.91 Å². The first-order valence-electron chi connectivity index (χ1n) is 3.19. The van der Waals surface area contributed by atoms with Gasteiger partial charge in [0.1, 0.15) is 0 Å². The minimum Gasteiger partial charge on any atom is -0.272 e. The van der Waals surface area contributed by atoms with Crippen molar-refractivity contribution in [2.75, 3.05) is 0 Å². The summed E-state index contributed by atoms with van der Waals surface area (Å²) in [6.07, 6.45) is 1.20. The first-order chi connectivity index (χ1) is 4.66. The Bertz CT molecular complexity index is 161. The van der Waals surface area contributed by atoms with Gasteiger partial charge >= 0.3 is 0 Å². The van der Waals surface area contributed by atoms with E-state index >= 15 is 0 Å². The molecule has 58 valence electrons. The SMILES string of the molecule is CC(C)CCC(=O)N=S=O. The van der Waals surface area contributed by atoms with Gasteiger partial charge in [-0.2, -0.15) is 4.21 Å². The summed E-state index contributed by atoms with van der Waals surface area (Å²) in [4.78, 5) is 10.6. The highest BCUT2D eigenvalue weighted by atomic mass is 32.1. The van der Waals surface area contributed by atoms with E-state index in [1.807, 2.05) is 13.8 Å². The van der Waals surface area contributed by atoms with Gasteiger partial charge in [-0.15, -0.1) is 4.36 Å². The third-order valence-electron chi connectivity index (χ3n) is 1.07. The van der Waals surface area contributed by atoms with Crippen LogP contribution in [0.15, 0.2) is 4.36 Å². The lowest BCUT2D eigenvalue weighted by atomic mass is 10.1. The van der Waals surface area contributed by atoms with Crippen molar-refractivity contribution in [1.29, 1.82) is 0 Å². The number of carbonyl (C=O) groups excluding carboxylic acids is 1. The molecule has 0 aromatic heterocycles. The second-order valence-corrected chi connectivity index (χ2v) is 2.82. The van der Waals surface area contributed by atoms with Crippen LogP contribution < -0.4 is 0 Å². The number of nitrogens with zero attached hydrogens (tertiary/aromatic N) is 1. The Morgan fingerprint density at radius 1 is 1.60 bits per heavy atom. The maximum absolute atomic E-state index is 10.6. The summed E-state index contributed by atoms with van der Waals surface area (Å²) in [6.45, 7) is 4.05. The van der Waals surface area contributed by atoms with Crippen molar-refractivity contribution < 1.29 is 9.00 Å². The van der Waals surface area contributed by atoms with Crippen LogP contribution >= 0.6 is 0 Å². The zero-order valence-corrected chi connectivity index (χ0v) is 6.98. The first-order valence-corrected chi connectivity index (χ1v) is 3.89. The van der Waals surface area contributed by atoms with Crippen LogP contribution in [0.25, 0.3) is 0 Å². The summed E-state index contributed by atoms with van der Waals surface area (Å²) in [5, 5.41) is 0. The van der Waals surface area contributed by atoms with E-state index < -0.39 is 0 Å². The van der Waals surface area contributed by atoms with Crippen LogP contribution in [0.3, 0.4) is 0 Å². The van der Waals surface area contributed by atoms with Gasteiger partial charge in [-0.3, -0.25) is 4.79 Å². The van der Waals surface area contributed by atoms with Crippen molar-refractivity contribution in [2.45, 2.75) is 26.7 Å². The normalized spacial score (nSPS) is 9.50. The highest BCUT2D eigenvalue weighted by molar-refractivity contribution is 7.55. The Balaban J connectivity index is 3.50. The molecule has 10 heavy (non-hydrogen) atoms. The lowest BCUT2D eigenvalue weighted by Crippen LogP contribution is -1.95. The fraction of sp³-hybridized carbons (Fsp3) is 0.833. The predicted octanol–water partition coefficient (Wildman–Crippen LogP) is 1.35. The Morgan fingerprint density at radius 2 is 2.20 bits per heavy atom. The van der Waals surface area contributed by atoms with Crippen molar-refractivity contribution in [2.24, 2.45) is 10.3 Å². The van der Waals surface area contributed by atoms with Gasteiger partial charge < -0.3 is 0 Å². The molecule has 0 aromatic carbocycles. The Labute approximate surface area is 64.1 Å². The number of rotatable bonds is 3. The second kappa shape index (κ2) is 5.29. The molecule has 3 nitrogen and oxygen atoms in total. The zero-order chi connectivity index (χ0) is 7.98. The van der Waals surface area contributed by atoms with Gasteiger partial charge in [-0.05, 0) is 12.3 Å². The third-order valence-corrected chi connectivity index (χ3v) is 1.35. The maximum Gasteiger partial charge on any atom is 0.258 e. The Hall–Kier alpha value is -0.510. The van der Waals surface area contributed by atoms with Crippen molar-refractivity contribution >= 4 is 17.4 Å². The molecule has 0 saturated heterocycles. The van der Waals surface area contributed by atoms with E-state index in [0.29, 0.717) is 12.3 Å². The van der Waals surface area contributed by atoms with Gasteiger partial charge in [0.2, 0.25) is 11.5 Å². The molecule has 0 spiro atoms. The van der Waals surface area contributed by atoms with E-state index in [0.717, 1.165) is 6.42 Å². The van der Waals surface area contributed by atoms with Crippen LogP contribution in [0.5, 0.6) is 0 Å². The molecule has 0 bridgehead atoms. The molecular formula is C6H11NO2S. The van der Waals surface area contributed by atoms with Gasteiger partial charge in [0, 0.05) is 6.42 Å². The molecule has 0 N–H and O–H groups in total. The van der Waals surface area contributed by atoms with E-state index in [2.05, 4.69) is 4.36 Å². The lowest BCUT2D eigenvalue weighted by Gasteiger charge is -1.98. The molecule has 0 saturated carbocycles. The summed E-state index contributed by atoms with van der Waals surface area (Å²) in [5.41, 5.74) is 0. The van der Waals surface area contributed by atoms with E-state index in [4.69, 9.17) is 0 Å². The third kappa shape index (κ3) is 5.62. The van der Waals surface area contributed by atoms with E-state index in [1.165, 1.54) is 0 Å². The highest BCUT2D eigenvalue weighted by Crippen LogP contribution is 2.03. The molecule has 0 aliphatic carbocycles. The number of carbonyl (C=O) groups is 1. The smallest absolute Gasteiger partial charge is 0.258 e. The quantitative estimate of drug-likeness (QED) is 0.627. The predicted molar refractivity (Wildman–Crippen MR) is 39.6 cm³/mol. The van der Waals surface area contributed by atoms with Gasteiger partial charge in [0.05, 0.1) is 0 Å². The molecule has 0 unspecified atom stereocenters. The van der Waals surface area contributed by atoms with E-state index in [9.17, 15) is 9.00 Å². The first kappa shape index (κ1) is 9.49. The molecule has 4 heteroatoms. The van der Waals surface area contributed by atoms with Crippen LogP contribution in [0.2, 0.25) is 0 Å². The standard InChI is InChI=1S/C6H11NO2S/c1-5(2)3-4-6(8)7-10-9/h5H,3-4H2,1-2H3. The average molecular weight is 161 g/mol. The summed E-state index contributed by atoms with van der Waals surface area (Å²) < 4.78 is 12.8. The number of hydrogen-bond donors (Lipinski definition) is 0. The average Bonchev–Trinajstić information content (AvgIpc) is 1.85. The minimum absolute atomic E-state index is 0.0131. The molecule has 0 heterocycles. The second-order valence-electron chi connectivity index (χ2n) is 2.49. The monoisotopic (exact) mass is 161 g/mol. The summed E-state index contributed by atoms with van der Waals surface area (Å²) in [7, 11) is 0. The molecule has 0 aromatic rings. The number of hydrogen-bond acceptors (Lipinski definition) is 2. The molecule has 0 fully saturated rings. The maximum atomic E-state index is 10.6. The molecule has 1 amide bonds. The summed E-state index contributed by atoms with van der Waals surface area (Å²) in [6, 6.07) is 0. The van der Waals surface area contributed by atoms with Crippen LogP contribution in [-0.2, 0) is 16.3 Å². The fourth-order valence-electron chi connectivity index (χ4n) is 0.499. The van der Waals surface area contributed by atoms with Crippen LogP contribution in [0.1, 0.15) is 26.7 Å². The highest BCUT2D eigenvalue weighted by Gasteiger charge is 2.00. The Morgan fingerprint density at radius 3 is 2.60 bits per heavy atom. The van der Waals surface area contributed by atoms with Gasteiger partial charge in [-0.25, -0.2) is 0 Å². The molecular weight excluding hydrogens is 150 g/mol. The molecule has 0 aliphatic heterocycles. The van der Waals surface area contributed by atoms with Crippen LogP contribution in [0, 0.1) is 5.92 Å². The fourth-order valence-corrected chi connectivity index (χ4v) is 0.674. The molecule has 0 rings (SSSR count). The van der Waals surface area contributed by atoms with Crippen LogP contribution in [-0.4, -0.2) is 10.1 Å². The lowest BCUT2D eigenvalue weighted by molar-refractivity contribution is -0.117. The summed E-state index contributed by atoms with van der Waals surface area (Å²) >= 11 is -0.0131. The largest absolute Gasteiger partial charge is 0.272 e. The van der Waals surface area contributed by atoms with Gasteiger partial charge in [-0.1, -0.05) is 13.8 Å². The van der Waals surface area contributed by atoms with E-state index in [-0.39, 0.29) is 17.4 Å². The van der Waals surface area contributed by atoms with Crippen molar-refractivity contribution in [3.05, 3.63) is 0 Å². The van der Waals surface area contributed by atoms with Gasteiger partial charge in [0.15, 0.2) is 0 Å². The molecule has 0 atom stereocenters. The minimum atomic E-state index is -0.297. The zero-order valence-electron chi connectivity index (χ0n) is 6.16. The van der Waals surface area contributed by atoms with Crippen molar-refractivity contribution in [3.8, 4) is 0 Å². The summed E-state index contributed by atoms with van der Waals surface area (Å²) in [5.74, 6) is 0.199. The van der Waals surface area contributed by atoms with Crippen molar-refractivity contribution in [1.82, 2.24) is 0 Å². The molecule has 0 radical (unpaired) electrons. The Kier molecular flexibility index (Phi) is 5.02.